The molecule has 18 heavy (non-hydrogen) atoms. The highest BCUT2D eigenvalue weighted by molar-refractivity contribution is 9.10. The molecule has 2 aromatic rings. The molecule has 0 saturated carbocycles. The summed E-state index contributed by atoms with van der Waals surface area (Å²) in [6, 6.07) is 8.09. The van der Waals surface area contributed by atoms with Crippen molar-refractivity contribution in [3.63, 3.8) is 0 Å². The average molecular weight is 324 g/mol. The van der Waals surface area contributed by atoms with Gasteiger partial charge in [0, 0.05) is 28.3 Å². The second-order valence-corrected chi connectivity index (χ2v) is 5.59. The third-order valence-corrected chi connectivity index (χ3v) is 3.84. The molecule has 3 nitrogen and oxygen atoms in total. The van der Waals surface area contributed by atoms with Gasteiger partial charge in [0.05, 0.1) is 0 Å². The lowest BCUT2D eigenvalue weighted by atomic mass is 10.2. The van der Waals surface area contributed by atoms with E-state index in [1.165, 1.54) is 10.5 Å². The van der Waals surface area contributed by atoms with Crippen LogP contribution in [0.1, 0.15) is 12.5 Å². The van der Waals surface area contributed by atoms with Crippen LogP contribution in [-0.2, 0) is 6.54 Å². The molecule has 0 saturated heterocycles. The second-order valence-electron chi connectivity index (χ2n) is 3.67. The summed E-state index contributed by atoms with van der Waals surface area (Å²) in [5.74, 6) is 0. The van der Waals surface area contributed by atoms with Gasteiger partial charge in [-0.1, -0.05) is 22.9 Å². The van der Waals surface area contributed by atoms with Crippen LogP contribution in [0, 0.1) is 0 Å². The summed E-state index contributed by atoms with van der Waals surface area (Å²) < 4.78 is 1.09. The van der Waals surface area contributed by atoms with Gasteiger partial charge in [-0.05, 0) is 48.1 Å². The third kappa shape index (κ3) is 3.80. The molecule has 0 spiro atoms. The van der Waals surface area contributed by atoms with Crippen molar-refractivity contribution in [1.29, 1.82) is 0 Å². The van der Waals surface area contributed by atoms with Gasteiger partial charge < -0.3 is 5.32 Å². The predicted molar refractivity (Wildman–Crippen MR) is 77.7 cm³/mol. The molecule has 0 bridgehead atoms. The zero-order valence-corrected chi connectivity index (χ0v) is 12.5. The Morgan fingerprint density at radius 2 is 2.06 bits per heavy atom. The van der Waals surface area contributed by atoms with Crippen LogP contribution in [0.4, 0.5) is 0 Å². The summed E-state index contributed by atoms with van der Waals surface area (Å²) in [4.78, 5) is 9.66. The highest BCUT2D eigenvalue weighted by atomic mass is 79.9. The molecule has 0 amide bonds. The molecule has 1 heterocycles. The summed E-state index contributed by atoms with van der Waals surface area (Å²) >= 11 is 5.10. The van der Waals surface area contributed by atoms with Gasteiger partial charge in [-0.3, -0.25) is 0 Å². The van der Waals surface area contributed by atoms with Crippen molar-refractivity contribution < 1.29 is 0 Å². The minimum atomic E-state index is 0.776. The van der Waals surface area contributed by atoms with Gasteiger partial charge >= 0.3 is 0 Å². The predicted octanol–water partition coefficient (Wildman–Crippen LogP) is 3.50. The molecule has 1 N–H and O–H groups in total. The van der Waals surface area contributed by atoms with Crippen LogP contribution in [-0.4, -0.2) is 16.5 Å². The van der Waals surface area contributed by atoms with E-state index in [2.05, 4.69) is 50.3 Å². The highest BCUT2D eigenvalue weighted by Gasteiger charge is 2.06. The van der Waals surface area contributed by atoms with Gasteiger partial charge in [-0.15, -0.1) is 0 Å². The fraction of sp³-hybridized carbons (Fsp3) is 0.231. The number of halogens is 1. The Bertz CT molecular complexity index is 505. The van der Waals surface area contributed by atoms with Gasteiger partial charge in [0.1, 0.15) is 0 Å². The minimum Gasteiger partial charge on any atom is -0.313 e. The third-order valence-electron chi connectivity index (χ3n) is 2.33. The van der Waals surface area contributed by atoms with Crippen molar-refractivity contribution in [2.45, 2.75) is 23.5 Å². The molecule has 0 fully saturated rings. The van der Waals surface area contributed by atoms with Crippen LogP contribution < -0.4 is 5.32 Å². The Morgan fingerprint density at radius 1 is 1.28 bits per heavy atom. The number of hydrogen-bond donors (Lipinski definition) is 1. The lowest BCUT2D eigenvalue weighted by Gasteiger charge is -2.09. The average Bonchev–Trinajstić information content (AvgIpc) is 2.40. The molecule has 0 aliphatic carbocycles. The van der Waals surface area contributed by atoms with E-state index in [1.54, 1.807) is 24.2 Å². The Hall–Kier alpha value is -0.910. The van der Waals surface area contributed by atoms with Crippen molar-refractivity contribution in [3.05, 3.63) is 46.7 Å². The molecular weight excluding hydrogens is 310 g/mol. The summed E-state index contributed by atoms with van der Waals surface area (Å²) in [5, 5.41) is 4.12. The van der Waals surface area contributed by atoms with E-state index >= 15 is 0 Å². The summed E-state index contributed by atoms with van der Waals surface area (Å²) in [6.45, 7) is 3.91. The molecule has 1 aromatic carbocycles. The summed E-state index contributed by atoms with van der Waals surface area (Å²) in [6.07, 6.45) is 3.52. The molecule has 1 aromatic heterocycles. The number of hydrogen-bond acceptors (Lipinski definition) is 4. The lowest BCUT2D eigenvalue weighted by Crippen LogP contribution is -2.12. The molecule has 5 heteroatoms. The van der Waals surface area contributed by atoms with E-state index < -0.39 is 0 Å². The largest absolute Gasteiger partial charge is 0.313 e. The van der Waals surface area contributed by atoms with Gasteiger partial charge in [0.15, 0.2) is 5.16 Å². The Morgan fingerprint density at radius 3 is 2.78 bits per heavy atom. The topological polar surface area (TPSA) is 37.8 Å². The molecule has 94 valence electrons. The molecule has 2 rings (SSSR count). The smallest absolute Gasteiger partial charge is 0.192 e. The zero-order chi connectivity index (χ0) is 12.8. The first-order valence-electron chi connectivity index (χ1n) is 5.73. The van der Waals surface area contributed by atoms with E-state index in [4.69, 9.17) is 0 Å². The fourth-order valence-corrected chi connectivity index (χ4v) is 2.71. The first-order chi connectivity index (χ1) is 8.79. The normalized spacial score (nSPS) is 10.6. The highest BCUT2D eigenvalue weighted by Crippen LogP contribution is 2.29. The first kappa shape index (κ1) is 13.5. The molecule has 0 aliphatic heterocycles. The minimum absolute atomic E-state index is 0.776. The van der Waals surface area contributed by atoms with Crippen molar-refractivity contribution in [2.24, 2.45) is 0 Å². The zero-order valence-electron chi connectivity index (χ0n) is 10.1. The van der Waals surface area contributed by atoms with Gasteiger partial charge in [-0.25, -0.2) is 9.97 Å². The SMILES string of the molecule is CCNCc1cc(Br)ccc1Sc1ncccn1. The monoisotopic (exact) mass is 323 g/mol. The van der Waals surface area contributed by atoms with Gasteiger partial charge in [-0.2, -0.15) is 0 Å². The van der Waals surface area contributed by atoms with Gasteiger partial charge in [0.25, 0.3) is 0 Å². The van der Waals surface area contributed by atoms with E-state index in [0.717, 1.165) is 22.7 Å². The molecular formula is C13H14BrN3S. The Labute approximate surface area is 120 Å². The fourth-order valence-electron chi connectivity index (χ4n) is 1.48. The van der Waals surface area contributed by atoms with Crippen LogP contribution in [0.2, 0.25) is 0 Å². The molecule has 0 aliphatic rings. The number of rotatable bonds is 5. The number of nitrogens with one attached hydrogen (secondary N) is 1. The van der Waals surface area contributed by atoms with Crippen LogP contribution in [0.25, 0.3) is 0 Å². The van der Waals surface area contributed by atoms with Crippen LogP contribution >= 0.6 is 27.7 Å². The second kappa shape index (κ2) is 6.87. The van der Waals surface area contributed by atoms with Crippen molar-refractivity contribution in [1.82, 2.24) is 15.3 Å². The maximum absolute atomic E-state index is 4.24. The number of aromatic nitrogens is 2. The Kier molecular flexibility index (Phi) is 5.16. The van der Waals surface area contributed by atoms with E-state index in [1.807, 2.05) is 12.1 Å². The quantitative estimate of drug-likeness (QED) is 0.854. The van der Waals surface area contributed by atoms with Crippen LogP contribution in [0.15, 0.2) is 51.2 Å². The lowest BCUT2D eigenvalue weighted by molar-refractivity contribution is 0.717. The standard InChI is InChI=1S/C13H14BrN3S/c1-2-15-9-10-8-11(14)4-5-12(10)18-13-16-6-3-7-17-13/h3-8,15H,2,9H2,1H3. The molecule has 0 atom stereocenters. The van der Waals surface area contributed by atoms with Crippen LogP contribution in [0.3, 0.4) is 0 Å². The van der Waals surface area contributed by atoms with E-state index in [-0.39, 0.29) is 0 Å². The van der Waals surface area contributed by atoms with Gasteiger partial charge in [0.2, 0.25) is 0 Å². The van der Waals surface area contributed by atoms with E-state index in [9.17, 15) is 0 Å². The molecule has 0 radical (unpaired) electrons. The first-order valence-corrected chi connectivity index (χ1v) is 7.34. The van der Waals surface area contributed by atoms with Crippen LogP contribution in [0.5, 0.6) is 0 Å². The van der Waals surface area contributed by atoms with Crippen molar-refractivity contribution in [3.8, 4) is 0 Å². The van der Waals surface area contributed by atoms with Crippen molar-refractivity contribution >= 4 is 27.7 Å². The summed E-state index contributed by atoms with van der Waals surface area (Å²) in [5.41, 5.74) is 1.25. The maximum atomic E-state index is 4.24. The van der Waals surface area contributed by atoms with E-state index in [0.29, 0.717) is 0 Å². The number of nitrogens with zero attached hydrogens (tertiary/aromatic N) is 2. The summed E-state index contributed by atoms with van der Waals surface area (Å²) in [7, 11) is 0. The Balaban J connectivity index is 2.21. The van der Waals surface area contributed by atoms with Crippen molar-refractivity contribution in [2.75, 3.05) is 6.54 Å². The maximum Gasteiger partial charge on any atom is 0.192 e. The number of benzene rings is 1. The molecule has 0 unspecified atom stereocenters.